The Morgan fingerprint density at radius 2 is 2.12 bits per heavy atom. The van der Waals surface area contributed by atoms with Crippen molar-refractivity contribution >= 4 is 17.5 Å². The normalized spacial score (nSPS) is 25.5. The SMILES string of the molecule is O=C(N[C@@H]1C[C@@H]2CCN(C2)C1)c1ccc(Oc2cc(Cl)co2)cc1. The average Bonchev–Trinajstić information content (AvgIpc) is 3.13. The lowest BCUT2D eigenvalue weighted by atomic mass is 9.96. The summed E-state index contributed by atoms with van der Waals surface area (Å²) in [5, 5.41) is 3.64. The van der Waals surface area contributed by atoms with E-state index in [4.69, 9.17) is 20.8 Å². The smallest absolute Gasteiger partial charge is 0.291 e. The van der Waals surface area contributed by atoms with E-state index in [0.29, 0.717) is 22.3 Å². The molecule has 1 aromatic carbocycles. The van der Waals surface area contributed by atoms with E-state index in [2.05, 4.69) is 10.2 Å². The Bertz CT molecular complexity index is 716. The van der Waals surface area contributed by atoms with Gasteiger partial charge in [0.1, 0.15) is 12.0 Å². The molecule has 1 unspecified atom stereocenters. The summed E-state index contributed by atoms with van der Waals surface area (Å²) < 4.78 is 10.7. The van der Waals surface area contributed by atoms with Crippen LogP contribution in [-0.4, -0.2) is 36.5 Å². The number of amides is 1. The molecule has 2 saturated heterocycles. The summed E-state index contributed by atoms with van der Waals surface area (Å²) in [6, 6.07) is 8.85. The van der Waals surface area contributed by atoms with Crippen molar-refractivity contribution < 1.29 is 13.9 Å². The van der Waals surface area contributed by atoms with Gasteiger partial charge in [-0.1, -0.05) is 11.6 Å². The van der Waals surface area contributed by atoms with E-state index in [1.165, 1.54) is 25.8 Å². The van der Waals surface area contributed by atoms with Gasteiger partial charge in [0.05, 0.1) is 5.02 Å². The molecule has 4 rings (SSSR count). The van der Waals surface area contributed by atoms with Crippen molar-refractivity contribution in [2.45, 2.75) is 18.9 Å². The quantitative estimate of drug-likeness (QED) is 0.919. The molecule has 6 heteroatoms. The highest BCUT2D eigenvalue weighted by Crippen LogP contribution is 2.28. The van der Waals surface area contributed by atoms with Crippen LogP contribution in [0, 0.1) is 5.92 Å². The van der Waals surface area contributed by atoms with Gasteiger partial charge in [0, 0.05) is 30.8 Å². The monoisotopic (exact) mass is 346 g/mol. The maximum atomic E-state index is 12.4. The molecular weight excluding hydrogens is 328 g/mol. The minimum atomic E-state index is -0.0323. The maximum Gasteiger partial charge on any atom is 0.291 e. The van der Waals surface area contributed by atoms with Crippen molar-refractivity contribution in [1.82, 2.24) is 10.2 Å². The summed E-state index contributed by atoms with van der Waals surface area (Å²) in [4.78, 5) is 14.8. The Kier molecular flexibility index (Phi) is 4.21. The summed E-state index contributed by atoms with van der Waals surface area (Å²) in [7, 11) is 0. The molecule has 2 aromatic rings. The minimum Gasteiger partial charge on any atom is -0.432 e. The molecular formula is C18H19ClN2O3. The molecule has 5 nitrogen and oxygen atoms in total. The lowest BCUT2D eigenvalue weighted by Gasteiger charge is -2.30. The predicted molar refractivity (Wildman–Crippen MR) is 90.7 cm³/mol. The second-order valence-corrected chi connectivity index (χ2v) is 6.97. The standard InChI is InChI=1S/C18H19ClN2O3/c19-14-8-17(23-11-14)24-16-3-1-13(2-4-16)18(22)20-15-7-12-5-6-21(9-12)10-15/h1-4,8,11-12,15H,5-7,9-10H2,(H,20,22)/t12-,15+/m0/s1. The number of nitrogens with one attached hydrogen (secondary N) is 1. The molecule has 1 N–H and O–H groups in total. The van der Waals surface area contributed by atoms with E-state index >= 15 is 0 Å². The molecule has 2 bridgehead atoms. The second-order valence-electron chi connectivity index (χ2n) is 6.53. The Hall–Kier alpha value is -1.98. The van der Waals surface area contributed by atoms with Crippen molar-refractivity contribution in [3.8, 4) is 11.7 Å². The summed E-state index contributed by atoms with van der Waals surface area (Å²) >= 11 is 5.78. The van der Waals surface area contributed by atoms with Gasteiger partial charge in [0.2, 0.25) is 0 Å². The lowest BCUT2D eigenvalue weighted by molar-refractivity contribution is 0.0909. The van der Waals surface area contributed by atoms with Gasteiger partial charge >= 0.3 is 0 Å². The number of benzene rings is 1. The van der Waals surface area contributed by atoms with E-state index in [1.807, 2.05) is 0 Å². The van der Waals surface area contributed by atoms with E-state index in [1.54, 1.807) is 30.3 Å². The number of fused-ring (bicyclic) bond motifs is 2. The number of carbonyl (C=O) groups excluding carboxylic acids is 1. The lowest BCUT2D eigenvalue weighted by Crippen LogP contribution is -2.46. The molecule has 3 atom stereocenters. The fourth-order valence-electron chi connectivity index (χ4n) is 3.57. The van der Waals surface area contributed by atoms with Gasteiger partial charge in [0.25, 0.3) is 11.9 Å². The van der Waals surface area contributed by atoms with Crippen LogP contribution in [0.5, 0.6) is 11.7 Å². The van der Waals surface area contributed by atoms with Crippen LogP contribution in [0.15, 0.2) is 41.0 Å². The van der Waals surface area contributed by atoms with Gasteiger partial charge in [-0.05, 0) is 49.6 Å². The van der Waals surface area contributed by atoms with Crippen LogP contribution in [-0.2, 0) is 0 Å². The van der Waals surface area contributed by atoms with Crippen molar-refractivity contribution in [2.75, 3.05) is 19.6 Å². The number of furan rings is 1. The van der Waals surface area contributed by atoms with Gasteiger partial charge in [-0.2, -0.15) is 0 Å². The third-order valence-corrected chi connectivity index (χ3v) is 4.88. The number of piperidine rings is 1. The maximum absolute atomic E-state index is 12.4. The molecule has 126 valence electrons. The zero-order valence-corrected chi connectivity index (χ0v) is 14.0. The number of carbonyl (C=O) groups is 1. The van der Waals surface area contributed by atoms with Crippen molar-refractivity contribution in [3.63, 3.8) is 0 Å². The van der Waals surface area contributed by atoms with Gasteiger partial charge in [-0.3, -0.25) is 4.79 Å². The first kappa shape index (κ1) is 15.5. The summed E-state index contributed by atoms with van der Waals surface area (Å²) in [6.45, 7) is 3.32. The van der Waals surface area contributed by atoms with Crippen LogP contribution in [0.3, 0.4) is 0 Å². The number of halogens is 1. The summed E-state index contributed by atoms with van der Waals surface area (Å²) in [6.07, 6.45) is 3.75. The molecule has 2 aliphatic rings. The van der Waals surface area contributed by atoms with E-state index in [9.17, 15) is 4.79 Å². The third-order valence-electron chi connectivity index (χ3n) is 4.68. The first-order chi connectivity index (χ1) is 11.7. The molecule has 24 heavy (non-hydrogen) atoms. The number of hydrogen-bond acceptors (Lipinski definition) is 4. The second kappa shape index (κ2) is 6.49. The highest BCUT2D eigenvalue weighted by molar-refractivity contribution is 6.30. The number of nitrogens with zero attached hydrogens (tertiary/aromatic N) is 1. The number of hydrogen-bond donors (Lipinski definition) is 1. The first-order valence-corrected chi connectivity index (χ1v) is 8.59. The van der Waals surface area contributed by atoms with Gasteiger partial charge in [-0.15, -0.1) is 0 Å². The molecule has 0 radical (unpaired) electrons. The topological polar surface area (TPSA) is 54.7 Å². The molecule has 2 fully saturated rings. The van der Waals surface area contributed by atoms with Gasteiger partial charge in [-0.25, -0.2) is 0 Å². The Morgan fingerprint density at radius 1 is 1.29 bits per heavy atom. The van der Waals surface area contributed by atoms with Crippen LogP contribution in [0.25, 0.3) is 0 Å². The molecule has 3 heterocycles. The highest BCUT2D eigenvalue weighted by Gasteiger charge is 2.32. The minimum absolute atomic E-state index is 0.0323. The van der Waals surface area contributed by atoms with Crippen LogP contribution in [0.2, 0.25) is 5.02 Å². The molecule has 0 aliphatic carbocycles. The Balaban J connectivity index is 1.36. The van der Waals surface area contributed by atoms with Crippen LogP contribution in [0.1, 0.15) is 23.2 Å². The van der Waals surface area contributed by atoms with Gasteiger partial charge < -0.3 is 19.4 Å². The number of rotatable bonds is 4. The van der Waals surface area contributed by atoms with E-state index in [0.717, 1.165) is 18.9 Å². The van der Waals surface area contributed by atoms with Crippen molar-refractivity contribution in [2.24, 2.45) is 5.92 Å². The van der Waals surface area contributed by atoms with Crippen LogP contribution < -0.4 is 10.1 Å². The van der Waals surface area contributed by atoms with E-state index < -0.39 is 0 Å². The summed E-state index contributed by atoms with van der Waals surface area (Å²) in [5.41, 5.74) is 0.632. The zero-order chi connectivity index (χ0) is 16.5. The predicted octanol–water partition coefficient (Wildman–Crippen LogP) is 3.55. The van der Waals surface area contributed by atoms with Crippen LogP contribution >= 0.6 is 11.6 Å². The molecule has 0 saturated carbocycles. The van der Waals surface area contributed by atoms with Crippen LogP contribution in [0.4, 0.5) is 0 Å². The fraction of sp³-hybridized carbons (Fsp3) is 0.389. The molecule has 1 aromatic heterocycles. The Morgan fingerprint density at radius 3 is 2.83 bits per heavy atom. The Labute approximate surface area is 145 Å². The summed E-state index contributed by atoms with van der Waals surface area (Å²) in [5.74, 6) is 1.62. The van der Waals surface area contributed by atoms with Crippen molar-refractivity contribution in [3.05, 3.63) is 47.2 Å². The average molecular weight is 347 g/mol. The third kappa shape index (κ3) is 3.42. The molecule has 0 spiro atoms. The highest BCUT2D eigenvalue weighted by atomic mass is 35.5. The van der Waals surface area contributed by atoms with E-state index in [-0.39, 0.29) is 11.9 Å². The molecule has 1 amide bonds. The first-order valence-electron chi connectivity index (χ1n) is 8.21. The molecule has 2 aliphatic heterocycles. The number of ether oxygens (including phenoxy) is 1. The zero-order valence-electron chi connectivity index (χ0n) is 13.2. The largest absolute Gasteiger partial charge is 0.432 e. The van der Waals surface area contributed by atoms with Crippen molar-refractivity contribution in [1.29, 1.82) is 0 Å². The fourth-order valence-corrected chi connectivity index (χ4v) is 3.71. The van der Waals surface area contributed by atoms with Gasteiger partial charge in [0.15, 0.2) is 0 Å².